The van der Waals surface area contributed by atoms with Crippen molar-refractivity contribution in [1.82, 2.24) is 5.32 Å². The molecule has 6 nitrogen and oxygen atoms in total. The van der Waals surface area contributed by atoms with Gasteiger partial charge in [0.2, 0.25) is 5.91 Å². The van der Waals surface area contributed by atoms with Crippen molar-refractivity contribution < 1.29 is 24.5 Å². The van der Waals surface area contributed by atoms with Crippen LogP contribution in [-0.4, -0.2) is 47.4 Å². The molecule has 0 heterocycles. The Balaban J connectivity index is 3.43. The van der Waals surface area contributed by atoms with Crippen LogP contribution in [0.15, 0.2) is 12.2 Å². The Morgan fingerprint density at radius 3 is 1.01 bits per heavy atom. The second kappa shape index (κ2) is 60.2. The van der Waals surface area contributed by atoms with Crippen LogP contribution in [0.5, 0.6) is 0 Å². The van der Waals surface area contributed by atoms with E-state index in [1.54, 1.807) is 0 Å². The summed E-state index contributed by atoms with van der Waals surface area (Å²) in [6, 6.07) is -0.552. The molecule has 2 unspecified atom stereocenters. The van der Waals surface area contributed by atoms with Crippen molar-refractivity contribution in [2.24, 2.45) is 0 Å². The summed E-state index contributed by atoms with van der Waals surface area (Å²) < 4.78 is 5.48. The molecule has 2 atom stereocenters. The number of nitrogens with one attached hydrogen (secondary N) is 1. The molecule has 0 aliphatic rings. The third-order valence-corrected chi connectivity index (χ3v) is 15.1. The average molecular weight is 989 g/mol. The maximum absolute atomic E-state index is 12.5. The molecule has 0 aromatic rings. The zero-order valence-corrected chi connectivity index (χ0v) is 47.5. The summed E-state index contributed by atoms with van der Waals surface area (Å²) in [6.07, 6.45) is 72.2. The second-order valence-corrected chi connectivity index (χ2v) is 22.1. The summed E-state index contributed by atoms with van der Waals surface area (Å²) in [4.78, 5) is 24.6. The molecule has 0 saturated heterocycles. The molecular weight excluding hydrogens is 863 g/mol. The van der Waals surface area contributed by atoms with E-state index >= 15 is 0 Å². The third kappa shape index (κ3) is 55.9. The van der Waals surface area contributed by atoms with Crippen molar-refractivity contribution in [1.29, 1.82) is 0 Å². The number of aliphatic hydroxyl groups excluding tert-OH is 2. The van der Waals surface area contributed by atoms with Gasteiger partial charge in [-0.05, 0) is 51.4 Å². The van der Waals surface area contributed by atoms with Crippen LogP contribution < -0.4 is 5.32 Å². The molecule has 0 aromatic carbocycles. The summed E-state index contributed by atoms with van der Waals surface area (Å²) in [5.74, 6) is -0.0384. The number of carbonyl (C=O) groups is 2. The number of hydrogen-bond acceptors (Lipinski definition) is 5. The molecule has 6 heteroatoms. The number of allylic oxidation sites excluding steroid dienone is 2. The number of rotatable bonds is 60. The molecule has 416 valence electrons. The van der Waals surface area contributed by atoms with Gasteiger partial charge in [0.25, 0.3) is 0 Å². The molecule has 0 rings (SSSR count). The van der Waals surface area contributed by atoms with Gasteiger partial charge in [0.15, 0.2) is 0 Å². The molecule has 0 saturated carbocycles. The minimum Gasteiger partial charge on any atom is -0.466 e. The van der Waals surface area contributed by atoms with Crippen molar-refractivity contribution in [2.75, 3.05) is 13.2 Å². The fourth-order valence-electron chi connectivity index (χ4n) is 10.2. The van der Waals surface area contributed by atoms with Crippen LogP contribution in [0.2, 0.25) is 0 Å². The first-order chi connectivity index (χ1) is 34.5. The van der Waals surface area contributed by atoms with Gasteiger partial charge in [-0.25, -0.2) is 0 Å². The molecule has 0 radical (unpaired) electrons. The zero-order valence-electron chi connectivity index (χ0n) is 47.5. The van der Waals surface area contributed by atoms with E-state index in [9.17, 15) is 19.8 Å². The van der Waals surface area contributed by atoms with Crippen molar-refractivity contribution >= 4 is 11.9 Å². The molecule has 1 amide bonds. The first kappa shape index (κ1) is 68.6. The minimum atomic E-state index is -0.673. The zero-order chi connectivity index (χ0) is 50.7. The van der Waals surface area contributed by atoms with Gasteiger partial charge in [0, 0.05) is 12.8 Å². The number of amides is 1. The fourth-order valence-corrected chi connectivity index (χ4v) is 10.2. The van der Waals surface area contributed by atoms with E-state index in [2.05, 4.69) is 31.3 Å². The Kier molecular flexibility index (Phi) is 59.0. The lowest BCUT2D eigenvalue weighted by atomic mass is 10.0. The normalized spacial score (nSPS) is 12.6. The largest absolute Gasteiger partial charge is 0.466 e. The van der Waals surface area contributed by atoms with Gasteiger partial charge in [-0.15, -0.1) is 0 Å². The first-order valence-electron chi connectivity index (χ1n) is 31.9. The van der Waals surface area contributed by atoms with E-state index in [1.165, 1.54) is 276 Å². The molecule has 3 N–H and O–H groups in total. The van der Waals surface area contributed by atoms with Gasteiger partial charge in [0.05, 0.1) is 25.4 Å². The van der Waals surface area contributed by atoms with E-state index < -0.39 is 12.1 Å². The van der Waals surface area contributed by atoms with Crippen LogP contribution in [-0.2, 0) is 14.3 Å². The van der Waals surface area contributed by atoms with E-state index in [0.29, 0.717) is 25.9 Å². The standard InChI is InChI=1S/C64H125NO5/c1-3-5-7-9-11-13-15-17-19-20-21-22-25-29-32-36-40-44-48-52-56-62(67)61(60-66)65-63(68)57-53-49-45-41-37-33-30-26-23-24-27-31-35-39-43-47-51-55-59-70-64(69)58-54-50-46-42-38-34-28-18-16-14-12-10-8-6-4-2/h26,30,61-62,66-67H,3-25,27-29,31-60H2,1-2H3,(H,65,68)/b30-26-. The highest BCUT2D eigenvalue weighted by molar-refractivity contribution is 5.76. The molecule has 0 spiro atoms. The number of ether oxygens (including phenoxy) is 1. The average Bonchev–Trinajstić information content (AvgIpc) is 3.36. The Morgan fingerprint density at radius 2 is 0.671 bits per heavy atom. The van der Waals surface area contributed by atoms with E-state index in [4.69, 9.17) is 4.74 Å². The maximum atomic E-state index is 12.5. The van der Waals surface area contributed by atoms with E-state index in [0.717, 1.165) is 51.4 Å². The minimum absolute atomic E-state index is 0.00690. The highest BCUT2D eigenvalue weighted by Crippen LogP contribution is 2.18. The summed E-state index contributed by atoms with van der Waals surface area (Å²) in [6.45, 7) is 4.97. The lowest BCUT2D eigenvalue weighted by molar-refractivity contribution is -0.143. The van der Waals surface area contributed by atoms with Gasteiger partial charge in [-0.1, -0.05) is 309 Å². The van der Waals surface area contributed by atoms with Crippen molar-refractivity contribution in [3.63, 3.8) is 0 Å². The molecule has 0 bridgehead atoms. The second-order valence-electron chi connectivity index (χ2n) is 22.1. The Hall–Kier alpha value is -1.40. The molecular formula is C64H125NO5. The Labute approximate surface area is 438 Å². The number of hydrogen-bond donors (Lipinski definition) is 3. The van der Waals surface area contributed by atoms with Gasteiger partial charge >= 0.3 is 5.97 Å². The monoisotopic (exact) mass is 988 g/mol. The SMILES string of the molecule is CCCCCCCCCCCCCCCCCCCCCCC(O)C(CO)NC(=O)CCCCCCC/C=C\CCCCCCCCCCCOC(=O)CCCCCCCCCCCCCCCCC. The van der Waals surface area contributed by atoms with Gasteiger partial charge in [-0.2, -0.15) is 0 Å². The molecule has 0 aliphatic heterocycles. The van der Waals surface area contributed by atoms with Crippen LogP contribution in [0.3, 0.4) is 0 Å². The van der Waals surface area contributed by atoms with Crippen molar-refractivity contribution in [3.05, 3.63) is 12.2 Å². The smallest absolute Gasteiger partial charge is 0.305 e. The van der Waals surface area contributed by atoms with E-state index in [1.807, 2.05) is 0 Å². The highest BCUT2D eigenvalue weighted by Gasteiger charge is 2.20. The lowest BCUT2D eigenvalue weighted by Gasteiger charge is -2.22. The lowest BCUT2D eigenvalue weighted by Crippen LogP contribution is -2.45. The van der Waals surface area contributed by atoms with Crippen molar-refractivity contribution in [2.45, 2.75) is 373 Å². The first-order valence-corrected chi connectivity index (χ1v) is 31.9. The van der Waals surface area contributed by atoms with Crippen LogP contribution in [0.1, 0.15) is 361 Å². The predicted octanol–water partition coefficient (Wildman–Crippen LogP) is 20.0. The van der Waals surface area contributed by atoms with E-state index in [-0.39, 0.29) is 18.5 Å². The number of unbranched alkanes of at least 4 members (excludes halogenated alkanes) is 47. The molecule has 0 fully saturated rings. The fraction of sp³-hybridized carbons (Fsp3) is 0.938. The predicted molar refractivity (Wildman–Crippen MR) is 306 cm³/mol. The summed E-state index contributed by atoms with van der Waals surface area (Å²) >= 11 is 0. The third-order valence-electron chi connectivity index (χ3n) is 15.1. The Morgan fingerprint density at radius 1 is 0.386 bits per heavy atom. The van der Waals surface area contributed by atoms with Gasteiger partial charge in [0.1, 0.15) is 0 Å². The van der Waals surface area contributed by atoms with Crippen LogP contribution in [0.25, 0.3) is 0 Å². The molecule has 0 aliphatic carbocycles. The van der Waals surface area contributed by atoms with Crippen molar-refractivity contribution in [3.8, 4) is 0 Å². The number of carbonyl (C=O) groups excluding carboxylic acids is 2. The van der Waals surface area contributed by atoms with Crippen LogP contribution >= 0.6 is 0 Å². The summed E-state index contributed by atoms with van der Waals surface area (Å²) in [5.41, 5.74) is 0. The quantitative estimate of drug-likeness (QED) is 0.0321. The van der Waals surface area contributed by atoms with Gasteiger partial charge in [-0.3, -0.25) is 9.59 Å². The maximum Gasteiger partial charge on any atom is 0.305 e. The van der Waals surface area contributed by atoms with Crippen LogP contribution in [0.4, 0.5) is 0 Å². The summed E-state index contributed by atoms with van der Waals surface area (Å²) in [5, 5.41) is 23.4. The highest BCUT2D eigenvalue weighted by atomic mass is 16.5. The topological polar surface area (TPSA) is 95.9 Å². The van der Waals surface area contributed by atoms with Crippen LogP contribution in [0, 0.1) is 0 Å². The number of aliphatic hydroxyl groups is 2. The number of esters is 1. The molecule has 0 aromatic heterocycles. The van der Waals surface area contributed by atoms with Gasteiger partial charge < -0.3 is 20.3 Å². The Bertz CT molecular complexity index is 1050. The molecule has 70 heavy (non-hydrogen) atoms. The summed E-state index contributed by atoms with van der Waals surface area (Å²) in [7, 11) is 0.